The first kappa shape index (κ1) is 21.6. The second kappa shape index (κ2) is 9.62. The molecular weight excluding hydrogens is 408 g/mol. The molecule has 1 aromatic carbocycles. The van der Waals surface area contributed by atoms with E-state index in [1.807, 2.05) is 6.92 Å². The number of primary amides is 1. The van der Waals surface area contributed by atoms with Crippen LogP contribution in [0.25, 0.3) is 0 Å². The van der Waals surface area contributed by atoms with E-state index in [2.05, 4.69) is 5.32 Å². The van der Waals surface area contributed by atoms with Crippen LogP contribution in [0.5, 0.6) is 11.5 Å². The second-order valence-corrected chi connectivity index (χ2v) is 7.81. The van der Waals surface area contributed by atoms with Crippen molar-refractivity contribution in [2.45, 2.75) is 32.6 Å². The minimum atomic E-state index is -0.672. The number of methoxy groups -OCH3 is 1. The van der Waals surface area contributed by atoms with Gasteiger partial charge in [-0.05, 0) is 56.4 Å². The molecule has 1 aliphatic rings. The SMILES string of the molecule is CCOc1cc(C(=O)OCC(=O)Nc2sc3c(c2C(N)=O)CCCC3)ccc1OC. The number of thiophene rings is 1. The summed E-state index contributed by atoms with van der Waals surface area (Å²) in [5.74, 6) is -0.873. The number of nitrogens with one attached hydrogen (secondary N) is 1. The van der Waals surface area contributed by atoms with Gasteiger partial charge in [-0.25, -0.2) is 4.79 Å². The van der Waals surface area contributed by atoms with Gasteiger partial charge in [0.25, 0.3) is 11.8 Å². The molecule has 3 rings (SSSR count). The van der Waals surface area contributed by atoms with Crippen LogP contribution < -0.4 is 20.5 Å². The topological polar surface area (TPSA) is 117 Å². The Bertz CT molecular complexity index is 969. The summed E-state index contributed by atoms with van der Waals surface area (Å²) in [5, 5.41) is 3.08. The highest BCUT2D eigenvalue weighted by Crippen LogP contribution is 2.37. The lowest BCUT2D eigenvalue weighted by molar-refractivity contribution is -0.119. The third-order valence-corrected chi connectivity index (χ3v) is 5.91. The molecule has 3 N–H and O–H groups in total. The van der Waals surface area contributed by atoms with E-state index in [-0.39, 0.29) is 5.56 Å². The Hall–Kier alpha value is -3.07. The van der Waals surface area contributed by atoms with Crippen LogP contribution in [0.4, 0.5) is 5.00 Å². The van der Waals surface area contributed by atoms with Crippen LogP contribution in [-0.2, 0) is 22.4 Å². The van der Waals surface area contributed by atoms with Crippen LogP contribution in [0.1, 0.15) is 50.9 Å². The largest absolute Gasteiger partial charge is 0.493 e. The number of nitrogens with two attached hydrogens (primary N) is 1. The van der Waals surface area contributed by atoms with Crippen LogP contribution >= 0.6 is 11.3 Å². The lowest BCUT2D eigenvalue weighted by atomic mass is 9.95. The molecule has 0 aliphatic heterocycles. The smallest absolute Gasteiger partial charge is 0.338 e. The van der Waals surface area contributed by atoms with E-state index >= 15 is 0 Å². The fourth-order valence-electron chi connectivity index (χ4n) is 3.36. The average molecular weight is 432 g/mol. The number of hydrogen-bond donors (Lipinski definition) is 2. The first-order chi connectivity index (χ1) is 14.4. The van der Waals surface area contributed by atoms with Gasteiger partial charge in [0.1, 0.15) is 5.00 Å². The number of hydrogen-bond acceptors (Lipinski definition) is 7. The molecule has 0 spiro atoms. The number of benzene rings is 1. The highest BCUT2D eigenvalue weighted by molar-refractivity contribution is 7.17. The van der Waals surface area contributed by atoms with Gasteiger partial charge in [0.05, 0.1) is 24.8 Å². The quantitative estimate of drug-likeness (QED) is 0.620. The van der Waals surface area contributed by atoms with Crippen molar-refractivity contribution in [3.05, 3.63) is 39.8 Å². The van der Waals surface area contributed by atoms with Gasteiger partial charge < -0.3 is 25.3 Å². The molecule has 0 atom stereocenters. The molecule has 0 saturated carbocycles. The number of aryl methyl sites for hydroxylation is 1. The maximum absolute atomic E-state index is 12.3. The van der Waals surface area contributed by atoms with Crippen molar-refractivity contribution in [1.82, 2.24) is 0 Å². The summed E-state index contributed by atoms with van der Waals surface area (Å²) in [5.41, 5.74) is 7.05. The minimum absolute atomic E-state index is 0.233. The van der Waals surface area contributed by atoms with Crippen molar-refractivity contribution in [2.75, 3.05) is 25.6 Å². The molecule has 1 aromatic heterocycles. The zero-order valence-corrected chi connectivity index (χ0v) is 17.7. The number of ether oxygens (including phenoxy) is 3. The number of esters is 1. The lowest BCUT2D eigenvalue weighted by Crippen LogP contribution is -2.23. The molecule has 0 unspecified atom stereocenters. The first-order valence-electron chi connectivity index (χ1n) is 9.66. The third-order valence-electron chi connectivity index (χ3n) is 4.70. The molecule has 0 saturated heterocycles. The van der Waals surface area contributed by atoms with Gasteiger partial charge >= 0.3 is 5.97 Å². The molecule has 1 heterocycles. The van der Waals surface area contributed by atoms with Crippen LogP contribution in [0.3, 0.4) is 0 Å². The van der Waals surface area contributed by atoms with Gasteiger partial charge in [-0.3, -0.25) is 9.59 Å². The minimum Gasteiger partial charge on any atom is -0.493 e. The molecule has 0 radical (unpaired) electrons. The van der Waals surface area contributed by atoms with Gasteiger partial charge in [-0.2, -0.15) is 0 Å². The van der Waals surface area contributed by atoms with Crippen LogP contribution in [-0.4, -0.2) is 38.1 Å². The summed E-state index contributed by atoms with van der Waals surface area (Å²) < 4.78 is 15.7. The summed E-state index contributed by atoms with van der Waals surface area (Å²) in [7, 11) is 1.50. The molecule has 2 aromatic rings. The Balaban J connectivity index is 1.65. The van der Waals surface area contributed by atoms with E-state index < -0.39 is 24.4 Å². The Labute approximate surface area is 178 Å². The Morgan fingerprint density at radius 2 is 1.93 bits per heavy atom. The third kappa shape index (κ3) is 4.73. The Kier molecular flexibility index (Phi) is 6.94. The van der Waals surface area contributed by atoms with Crippen molar-refractivity contribution in [3.8, 4) is 11.5 Å². The van der Waals surface area contributed by atoms with Gasteiger partial charge in [-0.1, -0.05) is 0 Å². The summed E-state index contributed by atoms with van der Waals surface area (Å²) in [6.45, 7) is 1.73. The zero-order chi connectivity index (χ0) is 21.7. The molecule has 9 heteroatoms. The number of rotatable bonds is 8. The van der Waals surface area contributed by atoms with E-state index in [0.717, 1.165) is 36.1 Å². The van der Waals surface area contributed by atoms with Gasteiger partial charge in [-0.15, -0.1) is 11.3 Å². The maximum atomic E-state index is 12.3. The molecule has 160 valence electrons. The fraction of sp³-hybridized carbons (Fsp3) is 0.381. The molecular formula is C21H24N2O6S. The number of anilines is 1. The van der Waals surface area contributed by atoms with Crippen molar-refractivity contribution in [2.24, 2.45) is 5.73 Å². The highest BCUT2D eigenvalue weighted by atomic mass is 32.1. The Morgan fingerprint density at radius 1 is 1.17 bits per heavy atom. The van der Waals surface area contributed by atoms with E-state index in [0.29, 0.717) is 28.7 Å². The van der Waals surface area contributed by atoms with Gasteiger partial charge in [0, 0.05) is 4.88 Å². The van der Waals surface area contributed by atoms with Crippen LogP contribution in [0.2, 0.25) is 0 Å². The highest BCUT2D eigenvalue weighted by Gasteiger charge is 2.25. The van der Waals surface area contributed by atoms with Crippen molar-refractivity contribution >= 4 is 34.1 Å². The Morgan fingerprint density at radius 3 is 2.63 bits per heavy atom. The maximum Gasteiger partial charge on any atom is 0.338 e. The van der Waals surface area contributed by atoms with Crippen molar-refractivity contribution in [1.29, 1.82) is 0 Å². The summed E-state index contributed by atoms with van der Waals surface area (Å²) in [6, 6.07) is 4.62. The molecule has 0 bridgehead atoms. The molecule has 8 nitrogen and oxygen atoms in total. The van der Waals surface area contributed by atoms with Gasteiger partial charge in [0.15, 0.2) is 18.1 Å². The van der Waals surface area contributed by atoms with Crippen molar-refractivity contribution in [3.63, 3.8) is 0 Å². The summed E-state index contributed by atoms with van der Waals surface area (Å²) >= 11 is 1.36. The molecule has 0 fully saturated rings. The van der Waals surface area contributed by atoms with Gasteiger partial charge in [0.2, 0.25) is 0 Å². The van der Waals surface area contributed by atoms with Crippen LogP contribution in [0.15, 0.2) is 18.2 Å². The zero-order valence-electron chi connectivity index (χ0n) is 16.9. The molecule has 2 amide bonds. The predicted molar refractivity (Wildman–Crippen MR) is 113 cm³/mol. The number of carbonyl (C=O) groups is 3. The van der Waals surface area contributed by atoms with E-state index in [1.165, 1.54) is 30.6 Å². The normalized spacial score (nSPS) is 12.6. The second-order valence-electron chi connectivity index (χ2n) is 6.70. The number of carbonyl (C=O) groups excluding carboxylic acids is 3. The molecule has 30 heavy (non-hydrogen) atoms. The predicted octanol–water partition coefficient (Wildman–Crippen LogP) is 2.93. The monoisotopic (exact) mass is 432 g/mol. The van der Waals surface area contributed by atoms with Crippen molar-refractivity contribution < 1.29 is 28.6 Å². The first-order valence-corrected chi connectivity index (χ1v) is 10.5. The average Bonchev–Trinajstić information content (AvgIpc) is 3.10. The van der Waals surface area contributed by atoms with E-state index in [4.69, 9.17) is 19.9 Å². The van der Waals surface area contributed by atoms with E-state index in [9.17, 15) is 14.4 Å². The number of fused-ring (bicyclic) bond motifs is 1. The molecule has 1 aliphatic carbocycles. The summed E-state index contributed by atoms with van der Waals surface area (Å²) in [4.78, 5) is 37.6. The number of amides is 2. The summed E-state index contributed by atoms with van der Waals surface area (Å²) in [6.07, 6.45) is 3.67. The standard InChI is InChI=1S/C21H24N2O6S/c1-3-28-15-10-12(8-9-14(15)27-2)21(26)29-11-17(24)23-20-18(19(22)25)13-6-4-5-7-16(13)30-20/h8-10H,3-7,11H2,1-2H3,(H2,22,25)(H,23,24). The van der Waals surface area contributed by atoms with E-state index in [1.54, 1.807) is 6.07 Å². The lowest BCUT2D eigenvalue weighted by Gasteiger charge is -2.11. The fourth-order valence-corrected chi connectivity index (χ4v) is 4.67. The van der Waals surface area contributed by atoms with Crippen LogP contribution in [0, 0.1) is 0 Å².